The summed E-state index contributed by atoms with van der Waals surface area (Å²) in [6, 6.07) is 0. The first-order valence-electron chi connectivity index (χ1n) is 6.18. The fourth-order valence-corrected chi connectivity index (χ4v) is 1.54. The topological polar surface area (TPSA) is 34.1 Å². The maximum atomic E-state index is 10.9. The summed E-state index contributed by atoms with van der Waals surface area (Å²) in [7, 11) is 0. The molecule has 0 fully saturated rings. The van der Waals surface area contributed by atoms with Gasteiger partial charge >= 0.3 is 0 Å². The Labute approximate surface area is 114 Å². The highest BCUT2D eigenvalue weighted by molar-refractivity contribution is 5.88. The van der Waals surface area contributed by atoms with Crippen LogP contribution in [0.3, 0.4) is 0 Å². The van der Waals surface area contributed by atoms with E-state index in [-0.39, 0.29) is 11.6 Å². The smallest absolute Gasteiger partial charge is 0.152 e. The molecule has 0 bridgehead atoms. The summed E-state index contributed by atoms with van der Waals surface area (Å²) in [6.45, 7) is 3.05. The molecule has 0 saturated carbocycles. The molecule has 0 N–H and O–H groups in total. The van der Waals surface area contributed by atoms with Gasteiger partial charge in [0.25, 0.3) is 0 Å². The van der Waals surface area contributed by atoms with Gasteiger partial charge in [0.05, 0.1) is 0 Å². The molecule has 0 aromatic carbocycles. The lowest BCUT2D eigenvalue weighted by atomic mass is 10.0. The van der Waals surface area contributed by atoms with E-state index in [2.05, 4.69) is 0 Å². The number of carbonyl (C=O) groups is 2. The monoisotopic (exact) mass is 254 g/mol. The van der Waals surface area contributed by atoms with Gasteiger partial charge in [-0.1, -0.05) is 48.6 Å². The van der Waals surface area contributed by atoms with Crippen LogP contribution in [-0.2, 0) is 9.59 Å². The Kier molecular flexibility index (Phi) is 6.23. The van der Waals surface area contributed by atoms with Crippen LogP contribution in [0.4, 0.5) is 0 Å². The van der Waals surface area contributed by atoms with Crippen LogP contribution in [0.2, 0.25) is 0 Å². The predicted octanol–water partition coefficient (Wildman–Crippen LogP) is 3.65. The zero-order valence-electron chi connectivity index (χ0n) is 11.3. The van der Waals surface area contributed by atoms with Gasteiger partial charge < -0.3 is 0 Å². The highest BCUT2D eigenvalue weighted by Gasteiger charge is 1.98. The van der Waals surface area contributed by atoms with Crippen molar-refractivity contribution in [2.24, 2.45) is 0 Å². The maximum absolute atomic E-state index is 10.9. The van der Waals surface area contributed by atoms with Crippen LogP contribution in [0, 0.1) is 0 Å². The van der Waals surface area contributed by atoms with E-state index in [4.69, 9.17) is 0 Å². The minimum absolute atomic E-state index is 0.0318. The molecule has 1 aliphatic rings. The van der Waals surface area contributed by atoms with E-state index in [1.54, 1.807) is 12.2 Å². The standard InChI is InChI=1S/C17H18O2/c1-14(18)7-3-4-8-16-9-5-6-10-17(13-16)12-11-15(2)19/h3-12H,13H2,1-2H3/b7-3+,8-4+,12-11+. The fourth-order valence-electron chi connectivity index (χ4n) is 1.54. The van der Waals surface area contributed by atoms with Crippen LogP contribution in [0.5, 0.6) is 0 Å². The summed E-state index contributed by atoms with van der Waals surface area (Å²) >= 11 is 0. The highest BCUT2D eigenvalue weighted by Crippen LogP contribution is 2.17. The quantitative estimate of drug-likeness (QED) is 0.554. The first-order chi connectivity index (χ1) is 9.08. The normalized spacial score (nSPS) is 15.9. The number of hydrogen-bond acceptors (Lipinski definition) is 2. The van der Waals surface area contributed by atoms with Gasteiger partial charge in [-0.3, -0.25) is 9.59 Å². The van der Waals surface area contributed by atoms with Gasteiger partial charge in [-0.25, -0.2) is 0 Å². The van der Waals surface area contributed by atoms with E-state index in [0.717, 1.165) is 17.6 Å². The van der Waals surface area contributed by atoms with Crippen LogP contribution in [0.25, 0.3) is 0 Å². The fraction of sp³-hybridized carbons (Fsp3) is 0.176. The molecule has 0 atom stereocenters. The maximum Gasteiger partial charge on any atom is 0.152 e. The van der Waals surface area contributed by atoms with Gasteiger partial charge in [-0.05, 0) is 43.6 Å². The minimum atomic E-state index is 0.0318. The molecular formula is C17H18O2. The van der Waals surface area contributed by atoms with E-state index >= 15 is 0 Å². The van der Waals surface area contributed by atoms with Gasteiger partial charge in [0, 0.05) is 0 Å². The number of allylic oxidation sites excluding steroid dienone is 12. The third kappa shape index (κ3) is 6.94. The Morgan fingerprint density at radius 3 is 2.05 bits per heavy atom. The summed E-state index contributed by atoms with van der Waals surface area (Å²) in [4.78, 5) is 21.7. The van der Waals surface area contributed by atoms with Gasteiger partial charge in [0.15, 0.2) is 11.6 Å². The van der Waals surface area contributed by atoms with E-state index in [9.17, 15) is 9.59 Å². The van der Waals surface area contributed by atoms with Crippen LogP contribution in [0.1, 0.15) is 20.3 Å². The average Bonchev–Trinajstić information content (AvgIpc) is 2.57. The second-order valence-electron chi connectivity index (χ2n) is 4.32. The van der Waals surface area contributed by atoms with Crippen LogP contribution >= 0.6 is 0 Å². The van der Waals surface area contributed by atoms with Crippen molar-refractivity contribution in [1.29, 1.82) is 0 Å². The molecule has 0 saturated heterocycles. The molecule has 0 aromatic heterocycles. The van der Waals surface area contributed by atoms with E-state index in [1.807, 2.05) is 42.5 Å². The van der Waals surface area contributed by atoms with Crippen molar-refractivity contribution >= 4 is 11.6 Å². The van der Waals surface area contributed by atoms with Crippen LogP contribution < -0.4 is 0 Å². The number of rotatable bonds is 5. The predicted molar refractivity (Wildman–Crippen MR) is 78.7 cm³/mol. The van der Waals surface area contributed by atoms with Crippen molar-refractivity contribution < 1.29 is 9.59 Å². The lowest BCUT2D eigenvalue weighted by molar-refractivity contribution is -0.113. The van der Waals surface area contributed by atoms with Crippen molar-refractivity contribution in [3.8, 4) is 0 Å². The van der Waals surface area contributed by atoms with Crippen molar-refractivity contribution in [2.75, 3.05) is 0 Å². The molecule has 0 unspecified atom stereocenters. The second-order valence-corrected chi connectivity index (χ2v) is 4.32. The van der Waals surface area contributed by atoms with Crippen LogP contribution in [0.15, 0.2) is 71.9 Å². The number of ketones is 2. The summed E-state index contributed by atoms with van der Waals surface area (Å²) in [5.74, 6) is 0.0731. The van der Waals surface area contributed by atoms with Gasteiger partial charge in [0.2, 0.25) is 0 Å². The Morgan fingerprint density at radius 2 is 1.47 bits per heavy atom. The van der Waals surface area contributed by atoms with Crippen molar-refractivity contribution in [2.45, 2.75) is 20.3 Å². The van der Waals surface area contributed by atoms with Gasteiger partial charge in [0.1, 0.15) is 0 Å². The lowest BCUT2D eigenvalue weighted by Crippen LogP contribution is -1.85. The Balaban J connectivity index is 2.69. The molecule has 1 aliphatic carbocycles. The van der Waals surface area contributed by atoms with E-state index in [0.29, 0.717) is 0 Å². The van der Waals surface area contributed by atoms with Crippen molar-refractivity contribution in [3.63, 3.8) is 0 Å². The molecular weight excluding hydrogens is 236 g/mol. The van der Waals surface area contributed by atoms with Crippen LogP contribution in [-0.4, -0.2) is 11.6 Å². The third-order valence-electron chi connectivity index (χ3n) is 2.42. The largest absolute Gasteiger partial charge is 0.295 e. The lowest BCUT2D eigenvalue weighted by Gasteiger charge is -2.00. The molecule has 0 radical (unpaired) electrons. The highest BCUT2D eigenvalue weighted by atomic mass is 16.1. The SMILES string of the molecule is CC(=O)/C=C/C=C/C1=CC=CC=C(/C=C/C(C)=O)C1. The second kappa shape index (κ2) is 7.98. The molecule has 0 heterocycles. The Hall–Kier alpha value is -2.22. The zero-order chi connectivity index (χ0) is 14.1. The third-order valence-corrected chi connectivity index (χ3v) is 2.42. The molecule has 19 heavy (non-hydrogen) atoms. The Morgan fingerprint density at radius 1 is 0.895 bits per heavy atom. The molecule has 2 heteroatoms. The van der Waals surface area contributed by atoms with E-state index < -0.39 is 0 Å². The van der Waals surface area contributed by atoms with Gasteiger partial charge in [-0.15, -0.1) is 0 Å². The number of carbonyl (C=O) groups excluding carboxylic acids is 2. The first-order valence-corrected chi connectivity index (χ1v) is 6.18. The molecule has 98 valence electrons. The zero-order valence-corrected chi connectivity index (χ0v) is 11.3. The molecule has 0 aromatic rings. The first kappa shape index (κ1) is 14.8. The Bertz CT molecular complexity index is 523. The molecule has 0 aliphatic heterocycles. The summed E-state index contributed by atoms with van der Waals surface area (Å²) in [5, 5.41) is 0. The summed E-state index contributed by atoms with van der Waals surface area (Å²) < 4.78 is 0. The minimum Gasteiger partial charge on any atom is -0.295 e. The molecule has 1 rings (SSSR count). The van der Waals surface area contributed by atoms with E-state index in [1.165, 1.54) is 19.9 Å². The molecule has 2 nitrogen and oxygen atoms in total. The average molecular weight is 254 g/mol. The molecule has 0 spiro atoms. The summed E-state index contributed by atoms with van der Waals surface area (Å²) in [5.41, 5.74) is 2.21. The summed E-state index contributed by atoms with van der Waals surface area (Å²) in [6.07, 6.45) is 19.2. The van der Waals surface area contributed by atoms with Gasteiger partial charge in [-0.2, -0.15) is 0 Å². The van der Waals surface area contributed by atoms with Crippen molar-refractivity contribution in [1.82, 2.24) is 0 Å². The number of hydrogen-bond donors (Lipinski definition) is 0. The van der Waals surface area contributed by atoms with Crippen molar-refractivity contribution in [3.05, 3.63) is 71.9 Å². The molecule has 0 amide bonds.